The van der Waals surface area contributed by atoms with Gasteiger partial charge in [0.1, 0.15) is 35.9 Å². The van der Waals surface area contributed by atoms with E-state index < -0.39 is 59.9 Å². The molecule has 390 valence electrons. The van der Waals surface area contributed by atoms with Crippen LogP contribution in [0.1, 0.15) is 79.8 Å². The van der Waals surface area contributed by atoms with Crippen molar-refractivity contribution < 1.29 is 73.8 Å². The molecule has 0 aliphatic carbocycles. The van der Waals surface area contributed by atoms with Gasteiger partial charge in [-0.3, -0.25) is 24.7 Å². The van der Waals surface area contributed by atoms with E-state index in [4.69, 9.17) is 18.9 Å². The van der Waals surface area contributed by atoms with Gasteiger partial charge in [-0.05, 0) is 126 Å². The highest BCUT2D eigenvalue weighted by Crippen LogP contribution is 2.36. The minimum atomic E-state index is -1.81. The van der Waals surface area contributed by atoms with Gasteiger partial charge in [-0.25, -0.2) is 9.59 Å². The van der Waals surface area contributed by atoms with Gasteiger partial charge in [-0.2, -0.15) is 0 Å². The van der Waals surface area contributed by atoms with Gasteiger partial charge in [-0.1, -0.05) is 41.9 Å². The van der Waals surface area contributed by atoms with Crippen LogP contribution in [-0.4, -0.2) is 143 Å². The lowest BCUT2D eigenvalue weighted by molar-refractivity contribution is -0.271. The number of halogens is 1. The van der Waals surface area contributed by atoms with Gasteiger partial charge in [0.25, 0.3) is 0 Å². The number of methoxy groups -OCH3 is 1. The van der Waals surface area contributed by atoms with Crippen LogP contribution < -0.4 is 4.74 Å². The Bertz CT molecular complexity index is 2650. The summed E-state index contributed by atoms with van der Waals surface area (Å²) < 4.78 is 26.1. The highest BCUT2D eigenvalue weighted by molar-refractivity contribution is 9.09. The quantitative estimate of drug-likeness (QED) is 0.0773. The Kier molecular flexibility index (Phi) is 20.5. The first-order valence-electron chi connectivity index (χ1n) is 23.7. The topological polar surface area (TPSA) is 289 Å². The lowest BCUT2D eigenvalue weighted by Gasteiger charge is -2.40. The van der Waals surface area contributed by atoms with Crippen LogP contribution in [0.3, 0.4) is 0 Å². The summed E-state index contributed by atoms with van der Waals surface area (Å²) in [5.74, 6) is -2.00. The second-order valence-corrected chi connectivity index (χ2v) is 18.5. The maximum atomic E-state index is 11.5. The number of carbonyl (C=O) groups is 3. The molecule has 2 aromatic carbocycles. The van der Waals surface area contributed by atoms with Crippen molar-refractivity contribution in [2.24, 2.45) is 21.8 Å². The molecule has 0 spiro atoms. The molecule has 6 heterocycles. The number of hydrogen-bond donors (Lipinski definition) is 7. The first-order chi connectivity index (χ1) is 35.0. The average Bonchev–Trinajstić information content (AvgIpc) is 3.40. The molecule has 19 nitrogen and oxygen atoms in total. The fraction of sp³-hybridized carbons (Fsp3) is 0.415. The van der Waals surface area contributed by atoms with E-state index in [-0.39, 0.29) is 42.5 Å². The van der Waals surface area contributed by atoms with E-state index in [1.54, 1.807) is 48.9 Å². The van der Waals surface area contributed by atoms with Crippen molar-refractivity contribution in [1.82, 2.24) is 9.97 Å². The lowest BCUT2D eigenvalue weighted by Crippen LogP contribution is -2.61. The van der Waals surface area contributed by atoms with Crippen LogP contribution in [0.2, 0.25) is 0 Å². The lowest BCUT2D eigenvalue weighted by atomic mass is 9.84. The summed E-state index contributed by atoms with van der Waals surface area (Å²) in [4.78, 5) is 51.4. The van der Waals surface area contributed by atoms with Crippen molar-refractivity contribution in [3.05, 3.63) is 130 Å². The highest BCUT2D eigenvalue weighted by Gasteiger charge is 2.48. The van der Waals surface area contributed by atoms with Gasteiger partial charge in [0.2, 0.25) is 6.29 Å². The van der Waals surface area contributed by atoms with Crippen molar-refractivity contribution in [3.63, 3.8) is 0 Å². The molecule has 10 unspecified atom stereocenters. The molecule has 4 aliphatic heterocycles. The Balaban J connectivity index is 0.000000192. The SMILES string of the molecule is COC(=O)C1OC(Br)C(OC(C)=O)C(C)C1C.O=C(O)C1OC(Oc2ccc(/C=C3\CCCN=C3c3cccnc3)c(CO)c2)C(O)C(O)C1O.OCc1cc(O)ccc1/C=C1\CCCN=C1c1cccnc1. The Labute approximate surface area is 430 Å². The molecule has 20 heteroatoms. The highest BCUT2D eigenvalue weighted by atomic mass is 79.9. The molecule has 2 saturated heterocycles. The van der Waals surface area contributed by atoms with E-state index in [9.17, 15) is 50.1 Å². The second-order valence-electron chi connectivity index (χ2n) is 17.6. The first kappa shape index (κ1) is 56.1. The number of phenols is 1. The third-order valence-electron chi connectivity index (χ3n) is 12.6. The number of esters is 2. The van der Waals surface area contributed by atoms with Crippen LogP contribution in [0.25, 0.3) is 12.2 Å². The molecule has 73 heavy (non-hydrogen) atoms. The fourth-order valence-electron chi connectivity index (χ4n) is 8.56. The number of carbonyl (C=O) groups excluding carboxylic acids is 2. The summed E-state index contributed by atoms with van der Waals surface area (Å²) in [6.07, 6.45) is 5.14. The number of benzene rings is 2. The summed E-state index contributed by atoms with van der Waals surface area (Å²) in [5, 5.41) is 67.6. The van der Waals surface area contributed by atoms with Gasteiger partial charge < -0.3 is 59.4 Å². The Hall–Kier alpha value is -6.23. The maximum Gasteiger partial charge on any atom is 0.335 e. The molecule has 7 N–H and O–H groups in total. The normalized spacial score (nSPS) is 26.9. The Morgan fingerprint density at radius 3 is 1.82 bits per heavy atom. The molecule has 0 amide bonds. The molecule has 0 radical (unpaired) electrons. The predicted octanol–water partition coefficient (Wildman–Crippen LogP) is 4.94. The van der Waals surface area contributed by atoms with Crippen molar-refractivity contribution >= 4 is 57.4 Å². The number of aliphatic hydroxyl groups excluding tert-OH is 5. The van der Waals surface area contributed by atoms with Gasteiger partial charge >= 0.3 is 17.9 Å². The first-order valence-corrected chi connectivity index (χ1v) is 24.6. The number of hydrogen-bond acceptors (Lipinski definition) is 18. The number of phenolic OH excluding ortho intramolecular Hbond substituents is 1. The van der Waals surface area contributed by atoms with Crippen molar-refractivity contribution in [2.45, 2.75) is 108 Å². The third-order valence-corrected chi connectivity index (χ3v) is 13.4. The smallest absolute Gasteiger partial charge is 0.335 e. The Morgan fingerprint density at radius 2 is 1.32 bits per heavy atom. The molecule has 0 bridgehead atoms. The van der Waals surface area contributed by atoms with E-state index >= 15 is 0 Å². The number of nitrogens with zero attached hydrogens (tertiary/aromatic N) is 4. The molecule has 10 atom stereocenters. The number of carboxylic acid groups (broad SMARTS) is 1. The van der Waals surface area contributed by atoms with Crippen LogP contribution in [-0.2, 0) is 46.5 Å². The number of aromatic nitrogens is 2. The molecule has 2 aromatic heterocycles. The summed E-state index contributed by atoms with van der Waals surface area (Å²) in [6.45, 7) is 6.29. The number of allylic oxidation sites excluding steroid dienone is 2. The number of pyridine rings is 2. The second kappa shape index (κ2) is 26.6. The number of alkyl halides is 1. The number of ether oxygens (including phenoxy) is 5. The standard InChI is InChI=1S/C24H26N2O8.C18H18N2O2.C11H17BrO5/c27-12-16-10-17(33-24-21(30)19(28)20(29)22(34-24)23(31)32)6-5-13(16)9-14-3-2-8-26-18(14)15-4-1-7-25-11-15;21-12-16-10-17(22)6-5-13(16)9-14-3-2-8-20-18(14)15-4-1-7-19-11-15;1-5-6(2)9(11(14)15-4)17-10(12)8(5)16-7(3)13/h1,4-7,9-11,19-22,24,27-30H,2-3,8,12H2,(H,31,32);1,4-7,9-11,21-22H,2-3,8,12H2;5-6,8-10H,1-4H3/b2*14-9+;. The van der Waals surface area contributed by atoms with E-state index in [0.717, 1.165) is 83.6 Å². The number of aliphatic hydroxyl groups is 5. The number of carboxylic acids is 1. The largest absolute Gasteiger partial charge is 0.508 e. The van der Waals surface area contributed by atoms with Gasteiger partial charge in [0.05, 0.1) is 31.7 Å². The molecule has 0 saturated carbocycles. The minimum Gasteiger partial charge on any atom is -0.508 e. The van der Waals surface area contributed by atoms with Gasteiger partial charge in [0, 0.05) is 61.8 Å². The maximum absolute atomic E-state index is 11.5. The number of aliphatic imine (C=N–C) groups is 2. The summed E-state index contributed by atoms with van der Waals surface area (Å²) in [7, 11) is 1.32. The molecule has 8 rings (SSSR count). The number of rotatable bonds is 11. The van der Waals surface area contributed by atoms with Crippen LogP contribution in [0.5, 0.6) is 11.5 Å². The predicted molar refractivity (Wildman–Crippen MR) is 271 cm³/mol. The molecular weight excluding hydrogens is 1010 g/mol. The van der Waals surface area contributed by atoms with E-state index in [2.05, 4.69) is 46.7 Å². The van der Waals surface area contributed by atoms with E-state index in [0.29, 0.717) is 11.1 Å². The van der Waals surface area contributed by atoms with Gasteiger partial charge in [-0.15, -0.1) is 0 Å². The van der Waals surface area contributed by atoms with Gasteiger partial charge in [0.15, 0.2) is 17.2 Å². The third kappa shape index (κ3) is 14.5. The Morgan fingerprint density at radius 1 is 0.753 bits per heavy atom. The fourth-order valence-corrected chi connectivity index (χ4v) is 9.38. The van der Waals surface area contributed by atoms with Crippen LogP contribution >= 0.6 is 15.9 Å². The summed E-state index contributed by atoms with van der Waals surface area (Å²) in [5.41, 5.74) is 8.79. The zero-order valence-electron chi connectivity index (χ0n) is 40.7. The summed E-state index contributed by atoms with van der Waals surface area (Å²) >= 11 is 3.28. The number of aliphatic carboxylic acids is 1. The van der Waals surface area contributed by atoms with Crippen molar-refractivity contribution in [1.29, 1.82) is 0 Å². The molecular formula is C53H61BrN4O15. The minimum absolute atomic E-state index is 0.00104. The zero-order chi connectivity index (χ0) is 52.8. The van der Waals surface area contributed by atoms with E-state index in [1.807, 2.05) is 56.5 Å². The van der Waals surface area contributed by atoms with Crippen molar-refractivity contribution in [3.8, 4) is 11.5 Å². The molecule has 4 aliphatic rings. The average molecular weight is 1070 g/mol. The monoisotopic (exact) mass is 1070 g/mol. The zero-order valence-corrected chi connectivity index (χ0v) is 42.3. The van der Waals surface area contributed by atoms with E-state index in [1.165, 1.54) is 14.0 Å². The van der Waals surface area contributed by atoms with Crippen LogP contribution in [0.4, 0.5) is 0 Å². The molecule has 2 fully saturated rings. The number of aromatic hydroxyl groups is 1. The van der Waals surface area contributed by atoms with Crippen LogP contribution in [0.15, 0.2) is 107 Å². The van der Waals surface area contributed by atoms with Crippen molar-refractivity contribution in [2.75, 3.05) is 20.2 Å². The summed E-state index contributed by atoms with van der Waals surface area (Å²) in [6, 6.07) is 17.6. The molecule has 4 aromatic rings. The van der Waals surface area contributed by atoms with Crippen LogP contribution in [0, 0.1) is 11.8 Å².